The minimum Gasteiger partial charge on any atom is -0.325 e. The molecule has 22 heavy (non-hydrogen) atoms. The first kappa shape index (κ1) is 18.9. The molecule has 2 rings (SSSR count). The summed E-state index contributed by atoms with van der Waals surface area (Å²) in [4.78, 5) is 14.3. The fourth-order valence-electron chi connectivity index (χ4n) is 2.96. The van der Waals surface area contributed by atoms with Gasteiger partial charge in [0, 0.05) is 12.2 Å². The van der Waals surface area contributed by atoms with Crippen molar-refractivity contribution in [2.75, 3.05) is 38.5 Å². The highest BCUT2D eigenvalue weighted by molar-refractivity contribution is 5.92. The van der Waals surface area contributed by atoms with Gasteiger partial charge in [-0.1, -0.05) is 25.1 Å². The van der Waals surface area contributed by atoms with Crippen LogP contribution < -0.4 is 10.6 Å². The van der Waals surface area contributed by atoms with Crippen LogP contribution in [0.4, 0.5) is 5.69 Å². The number of carbonyl (C=O) groups excluding carboxylic acids is 1. The summed E-state index contributed by atoms with van der Waals surface area (Å²) in [6, 6.07) is 8.02. The monoisotopic (exact) mass is 325 g/mol. The number of likely N-dealkylation sites (N-methyl/N-ethyl adjacent to an activating group) is 1. The Bertz CT molecular complexity index is 461. The number of anilines is 1. The lowest BCUT2D eigenvalue weighted by Gasteiger charge is -2.27. The Morgan fingerprint density at radius 3 is 2.68 bits per heavy atom. The highest BCUT2D eigenvalue weighted by Crippen LogP contribution is 2.16. The lowest BCUT2D eigenvalue weighted by atomic mass is 9.98. The lowest BCUT2D eigenvalue weighted by Crippen LogP contribution is -2.37. The SMILES string of the molecule is CCc1ccccc1NC(=O)CN(C)CC1CCNCC1.Cl. The third kappa shape index (κ3) is 5.95. The van der Waals surface area contributed by atoms with E-state index in [-0.39, 0.29) is 18.3 Å². The smallest absolute Gasteiger partial charge is 0.238 e. The van der Waals surface area contributed by atoms with Crippen LogP contribution in [0.2, 0.25) is 0 Å². The number of amides is 1. The fraction of sp³-hybridized carbons (Fsp3) is 0.588. The zero-order valence-electron chi connectivity index (χ0n) is 13.6. The standard InChI is InChI=1S/C17H27N3O.ClH/c1-3-15-6-4-5-7-16(15)19-17(21)13-20(2)12-14-8-10-18-11-9-14;/h4-7,14,18H,3,8-13H2,1-2H3,(H,19,21);1H. The number of nitrogens with zero attached hydrogens (tertiary/aromatic N) is 1. The third-order valence-electron chi connectivity index (χ3n) is 4.11. The van der Waals surface area contributed by atoms with Crippen LogP contribution >= 0.6 is 12.4 Å². The molecule has 0 atom stereocenters. The van der Waals surface area contributed by atoms with Crippen LogP contribution in [-0.4, -0.2) is 44.0 Å². The van der Waals surface area contributed by atoms with Crippen LogP contribution in [0.5, 0.6) is 0 Å². The van der Waals surface area contributed by atoms with Gasteiger partial charge in [0.25, 0.3) is 0 Å². The number of nitrogens with one attached hydrogen (secondary N) is 2. The molecule has 0 saturated carbocycles. The molecule has 1 amide bonds. The van der Waals surface area contributed by atoms with Gasteiger partial charge in [0.2, 0.25) is 5.91 Å². The zero-order valence-corrected chi connectivity index (χ0v) is 14.4. The zero-order chi connectivity index (χ0) is 15.1. The van der Waals surface area contributed by atoms with Gasteiger partial charge in [-0.15, -0.1) is 12.4 Å². The second-order valence-electron chi connectivity index (χ2n) is 5.95. The Morgan fingerprint density at radius 1 is 1.32 bits per heavy atom. The van der Waals surface area contributed by atoms with E-state index in [9.17, 15) is 4.79 Å². The number of piperidine rings is 1. The van der Waals surface area contributed by atoms with Gasteiger partial charge in [-0.05, 0) is 56.9 Å². The van der Waals surface area contributed by atoms with E-state index in [1.165, 1.54) is 18.4 Å². The largest absolute Gasteiger partial charge is 0.325 e. The van der Waals surface area contributed by atoms with Crippen LogP contribution in [0, 0.1) is 5.92 Å². The van der Waals surface area contributed by atoms with Gasteiger partial charge in [-0.25, -0.2) is 0 Å². The van der Waals surface area contributed by atoms with E-state index < -0.39 is 0 Å². The van der Waals surface area contributed by atoms with E-state index in [0.717, 1.165) is 31.7 Å². The van der Waals surface area contributed by atoms with Crippen LogP contribution in [0.25, 0.3) is 0 Å². The molecule has 1 aromatic carbocycles. The molecule has 0 bridgehead atoms. The molecule has 0 unspecified atom stereocenters. The van der Waals surface area contributed by atoms with Crippen LogP contribution in [-0.2, 0) is 11.2 Å². The van der Waals surface area contributed by atoms with Gasteiger partial charge in [-0.2, -0.15) is 0 Å². The molecule has 1 aliphatic heterocycles. The molecule has 1 aliphatic rings. The van der Waals surface area contributed by atoms with Gasteiger partial charge in [0.15, 0.2) is 0 Å². The number of rotatable bonds is 6. The van der Waals surface area contributed by atoms with Crippen molar-refractivity contribution in [2.24, 2.45) is 5.92 Å². The summed E-state index contributed by atoms with van der Waals surface area (Å²) in [5, 5.41) is 6.41. The summed E-state index contributed by atoms with van der Waals surface area (Å²) >= 11 is 0. The third-order valence-corrected chi connectivity index (χ3v) is 4.11. The summed E-state index contributed by atoms with van der Waals surface area (Å²) < 4.78 is 0. The molecule has 124 valence electrons. The van der Waals surface area contributed by atoms with Crippen LogP contribution in [0.1, 0.15) is 25.3 Å². The molecule has 5 heteroatoms. The van der Waals surface area contributed by atoms with E-state index in [4.69, 9.17) is 0 Å². The molecule has 0 aliphatic carbocycles. The first-order valence-electron chi connectivity index (χ1n) is 7.96. The van der Waals surface area contributed by atoms with Gasteiger partial charge in [0.1, 0.15) is 0 Å². The van der Waals surface area contributed by atoms with Gasteiger partial charge in [-0.3, -0.25) is 9.69 Å². The maximum Gasteiger partial charge on any atom is 0.238 e. The number of carbonyl (C=O) groups is 1. The van der Waals surface area contributed by atoms with Crippen molar-refractivity contribution in [1.82, 2.24) is 10.2 Å². The molecule has 1 aromatic rings. The van der Waals surface area contributed by atoms with Gasteiger partial charge >= 0.3 is 0 Å². The van der Waals surface area contributed by atoms with Crippen LogP contribution in [0.3, 0.4) is 0 Å². The van der Waals surface area contributed by atoms with Crippen molar-refractivity contribution < 1.29 is 4.79 Å². The van der Waals surface area contributed by atoms with E-state index in [1.807, 2.05) is 25.2 Å². The molecular weight excluding hydrogens is 298 g/mol. The molecule has 1 fully saturated rings. The number of hydrogen-bond acceptors (Lipinski definition) is 3. The van der Waals surface area contributed by atoms with Crippen molar-refractivity contribution in [3.8, 4) is 0 Å². The van der Waals surface area contributed by atoms with Crippen LogP contribution in [0.15, 0.2) is 24.3 Å². The number of para-hydroxylation sites is 1. The van der Waals surface area contributed by atoms with E-state index in [0.29, 0.717) is 12.5 Å². The molecule has 2 N–H and O–H groups in total. The van der Waals surface area contributed by atoms with Crippen molar-refractivity contribution in [3.63, 3.8) is 0 Å². The fourth-order valence-corrected chi connectivity index (χ4v) is 2.96. The highest BCUT2D eigenvalue weighted by atomic mass is 35.5. The summed E-state index contributed by atoms with van der Waals surface area (Å²) in [7, 11) is 2.04. The molecule has 0 aromatic heterocycles. The molecule has 0 spiro atoms. The summed E-state index contributed by atoms with van der Waals surface area (Å²) in [6.07, 6.45) is 3.36. The lowest BCUT2D eigenvalue weighted by molar-refractivity contribution is -0.117. The van der Waals surface area contributed by atoms with Gasteiger partial charge < -0.3 is 10.6 Å². The van der Waals surface area contributed by atoms with E-state index >= 15 is 0 Å². The average Bonchev–Trinajstić information content (AvgIpc) is 2.48. The maximum atomic E-state index is 12.2. The van der Waals surface area contributed by atoms with Crippen molar-refractivity contribution in [3.05, 3.63) is 29.8 Å². The highest BCUT2D eigenvalue weighted by Gasteiger charge is 2.16. The minimum absolute atomic E-state index is 0. The van der Waals surface area contributed by atoms with Gasteiger partial charge in [0.05, 0.1) is 6.54 Å². The normalized spacial score (nSPS) is 15.4. The summed E-state index contributed by atoms with van der Waals surface area (Å²) in [6.45, 7) is 5.78. The first-order chi connectivity index (χ1) is 10.2. The van der Waals surface area contributed by atoms with E-state index in [1.54, 1.807) is 0 Å². The first-order valence-corrected chi connectivity index (χ1v) is 7.96. The van der Waals surface area contributed by atoms with Crippen molar-refractivity contribution >= 4 is 24.0 Å². The topological polar surface area (TPSA) is 44.4 Å². The predicted octanol–water partition coefficient (Wildman–Crippen LogP) is 2.54. The quantitative estimate of drug-likeness (QED) is 0.845. The van der Waals surface area contributed by atoms with E-state index in [2.05, 4.69) is 28.5 Å². The Kier molecular flexibility index (Phi) is 8.46. The Morgan fingerprint density at radius 2 is 2.00 bits per heavy atom. The molecule has 0 radical (unpaired) electrons. The molecule has 4 nitrogen and oxygen atoms in total. The summed E-state index contributed by atoms with van der Waals surface area (Å²) in [5.74, 6) is 0.791. The Balaban J connectivity index is 0.00000242. The molecular formula is C17H28ClN3O. The average molecular weight is 326 g/mol. The van der Waals surface area contributed by atoms with Crippen molar-refractivity contribution in [2.45, 2.75) is 26.2 Å². The maximum absolute atomic E-state index is 12.2. The second-order valence-corrected chi connectivity index (χ2v) is 5.95. The molecule has 1 heterocycles. The number of halogens is 1. The second kappa shape index (κ2) is 9.82. The summed E-state index contributed by atoms with van der Waals surface area (Å²) in [5.41, 5.74) is 2.13. The molecule has 1 saturated heterocycles. The Hall–Kier alpha value is -1.10. The number of benzene rings is 1. The number of aryl methyl sites for hydroxylation is 1. The van der Waals surface area contributed by atoms with Crippen molar-refractivity contribution in [1.29, 1.82) is 0 Å². The minimum atomic E-state index is 0. The number of hydrogen-bond donors (Lipinski definition) is 2. The predicted molar refractivity (Wildman–Crippen MR) is 94.8 cm³/mol. The Labute approximate surface area is 140 Å².